The number of aryl methyl sites for hydroxylation is 1. The van der Waals surface area contributed by atoms with Crippen molar-refractivity contribution in [1.82, 2.24) is 14.9 Å². The van der Waals surface area contributed by atoms with Gasteiger partial charge in [-0.2, -0.15) is 18.4 Å². The first kappa shape index (κ1) is 16.3. The van der Waals surface area contributed by atoms with Crippen molar-refractivity contribution in [2.75, 3.05) is 36.8 Å². The maximum atomic E-state index is 12.7. The minimum atomic E-state index is -4.23. The smallest absolute Gasteiger partial charge is 0.381 e. The first-order valence-electron chi connectivity index (χ1n) is 6.84. The van der Waals surface area contributed by atoms with Crippen molar-refractivity contribution in [2.45, 2.75) is 26.1 Å². The van der Waals surface area contributed by atoms with E-state index in [1.807, 2.05) is 11.0 Å². The Morgan fingerprint density at radius 2 is 1.82 bits per heavy atom. The number of alkyl halides is 3. The Morgan fingerprint density at radius 3 is 2.32 bits per heavy atom. The number of anilines is 2. The van der Waals surface area contributed by atoms with Gasteiger partial charge in [0, 0.05) is 26.2 Å². The Morgan fingerprint density at radius 1 is 1.23 bits per heavy atom. The number of nitriles is 1. The molecule has 1 aliphatic rings. The van der Waals surface area contributed by atoms with Crippen molar-refractivity contribution in [1.29, 1.82) is 5.26 Å². The third-order valence-electron chi connectivity index (χ3n) is 3.81. The highest BCUT2D eigenvalue weighted by molar-refractivity contribution is 5.53. The standard InChI is InChI=1S/C13H17F3N6/c1-8-12(20-11(18)10(7-17)19-8)22-5-3-21(4-6-22)9(2)13(14,15)16/h9H,3-6H2,1-2H3,(H2,18,20)/t9-/m1/s1. The number of hydrogen-bond donors (Lipinski definition) is 1. The van der Waals surface area contributed by atoms with Crippen molar-refractivity contribution in [3.05, 3.63) is 11.4 Å². The highest BCUT2D eigenvalue weighted by Gasteiger charge is 2.41. The molecule has 0 saturated carbocycles. The summed E-state index contributed by atoms with van der Waals surface area (Å²) in [5.74, 6) is 0.560. The van der Waals surface area contributed by atoms with Crippen molar-refractivity contribution >= 4 is 11.6 Å². The Hall–Kier alpha value is -2.08. The quantitative estimate of drug-likeness (QED) is 0.886. The highest BCUT2D eigenvalue weighted by atomic mass is 19.4. The van der Waals surface area contributed by atoms with Crippen LogP contribution in [-0.4, -0.2) is 53.3 Å². The fourth-order valence-electron chi connectivity index (χ4n) is 2.43. The summed E-state index contributed by atoms with van der Waals surface area (Å²) in [7, 11) is 0. The second-order valence-electron chi connectivity index (χ2n) is 5.22. The highest BCUT2D eigenvalue weighted by Crippen LogP contribution is 2.26. The molecule has 0 aliphatic carbocycles. The lowest BCUT2D eigenvalue weighted by Crippen LogP contribution is -2.54. The molecule has 0 bridgehead atoms. The van der Waals surface area contributed by atoms with Gasteiger partial charge in [0.15, 0.2) is 17.3 Å². The molecule has 1 aromatic rings. The van der Waals surface area contributed by atoms with Crippen molar-refractivity contribution in [3.63, 3.8) is 0 Å². The van der Waals surface area contributed by atoms with Crippen molar-refractivity contribution in [2.24, 2.45) is 0 Å². The van der Waals surface area contributed by atoms with Crippen LogP contribution >= 0.6 is 0 Å². The van der Waals surface area contributed by atoms with Crippen LogP contribution in [0.1, 0.15) is 18.3 Å². The van der Waals surface area contributed by atoms with E-state index in [0.717, 1.165) is 0 Å². The molecule has 0 amide bonds. The lowest BCUT2D eigenvalue weighted by Gasteiger charge is -2.39. The van der Waals surface area contributed by atoms with Gasteiger partial charge >= 0.3 is 6.18 Å². The second-order valence-corrected chi connectivity index (χ2v) is 5.22. The molecule has 0 aromatic carbocycles. The first-order chi connectivity index (χ1) is 10.2. The number of nitrogens with zero attached hydrogens (tertiary/aromatic N) is 5. The molecule has 1 fully saturated rings. The van der Waals surface area contributed by atoms with Crippen LogP contribution in [0.3, 0.4) is 0 Å². The molecule has 2 heterocycles. The van der Waals surface area contributed by atoms with Gasteiger partial charge in [-0.3, -0.25) is 4.90 Å². The Bertz CT molecular complexity index is 587. The van der Waals surface area contributed by atoms with Crippen LogP contribution in [0.5, 0.6) is 0 Å². The number of nitrogens with two attached hydrogens (primary N) is 1. The molecule has 9 heteroatoms. The SMILES string of the molecule is Cc1nc(C#N)c(N)nc1N1CCN([C@H](C)C(F)(F)F)CC1. The number of piperazine rings is 1. The molecular formula is C13H17F3N6. The van der Waals surface area contributed by atoms with E-state index in [1.54, 1.807) is 6.92 Å². The number of nitrogen functional groups attached to an aromatic ring is 1. The molecule has 120 valence electrons. The summed E-state index contributed by atoms with van der Waals surface area (Å²) < 4.78 is 38.2. The number of aromatic nitrogens is 2. The van der Waals surface area contributed by atoms with Gasteiger partial charge in [0.1, 0.15) is 12.1 Å². The fraction of sp³-hybridized carbons (Fsp3) is 0.615. The van der Waals surface area contributed by atoms with E-state index in [0.29, 0.717) is 24.6 Å². The maximum Gasteiger partial charge on any atom is 0.403 e. The van der Waals surface area contributed by atoms with Crippen LogP contribution in [0, 0.1) is 18.3 Å². The average molecular weight is 314 g/mol. The summed E-state index contributed by atoms with van der Waals surface area (Å²) in [5.41, 5.74) is 6.26. The number of rotatable bonds is 2. The van der Waals surface area contributed by atoms with Gasteiger partial charge in [0.25, 0.3) is 0 Å². The van der Waals surface area contributed by atoms with Crippen LogP contribution < -0.4 is 10.6 Å². The molecule has 0 radical (unpaired) electrons. The van der Waals surface area contributed by atoms with Gasteiger partial charge in [-0.1, -0.05) is 0 Å². The molecule has 0 unspecified atom stereocenters. The van der Waals surface area contributed by atoms with E-state index in [2.05, 4.69) is 9.97 Å². The van der Waals surface area contributed by atoms with Gasteiger partial charge in [-0.15, -0.1) is 0 Å². The van der Waals surface area contributed by atoms with Crippen LogP contribution in [0.25, 0.3) is 0 Å². The Kier molecular flexibility index (Phi) is 4.42. The normalized spacial score (nSPS) is 18.1. The molecule has 1 atom stereocenters. The molecular weight excluding hydrogens is 297 g/mol. The van der Waals surface area contributed by atoms with Gasteiger partial charge in [-0.25, -0.2) is 9.97 Å². The van der Waals surface area contributed by atoms with Gasteiger partial charge in [0.05, 0.1) is 5.69 Å². The summed E-state index contributed by atoms with van der Waals surface area (Å²) in [6.07, 6.45) is -4.23. The predicted octanol–water partition coefficient (Wildman–Crippen LogP) is 1.31. The van der Waals surface area contributed by atoms with E-state index in [4.69, 9.17) is 11.0 Å². The maximum absolute atomic E-state index is 12.7. The minimum Gasteiger partial charge on any atom is -0.381 e. The van der Waals surface area contributed by atoms with Gasteiger partial charge in [-0.05, 0) is 13.8 Å². The molecule has 2 rings (SSSR count). The zero-order valence-electron chi connectivity index (χ0n) is 12.4. The van der Waals surface area contributed by atoms with E-state index < -0.39 is 12.2 Å². The lowest BCUT2D eigenvalue weighted by atomic mass is 10.2. The summed E-state index contributed by atoms with van der Waals surface area (Å²) >= 11 is 0. The van der Waals surface area contributed by atoms with E-state index in [-0.39, 0.29) is 24.6 Å². The summed E-state index contributed by atoms with van der Waals surface area (Å²) in [5, 5.41) is 8.86. The van der Waals surface area contributed by atoms with E-state index in [9.17, 15) is 13.2 Å². The third kappa shape index (κ3) is 3.22. The van der Waals surface area contributed by atoms with Gasteiger partial charge in [0.2, 0.25) is 0 Å². The van der Waals surface area contributed by atoms with Crippen molar-refractivity contribution < 1.29 is 13.2 Å². The van der Waals surface area contributed by atoms with Crippen LogP contribution in [-0.2, 0) is 0 Å². The summed E-state index contributed by atoms with van der Waals surface area (Å²) in [6.45, 7) is 4.24. The van der Waals surface area contributed by atoms with Crippen LogP contribution in [0.15, 0.2) is 0 Å². The third-order valence-corrected chi connectivity index (χ3v) is 3.81. The average Bonchev–Trinajstić information content (AvgIpc) is 2.47. The predicted molar refractivity (Wildman–Crippen MR) is 75.2 cm³/mol. The fourth-order valence-corrected chi connectivity index (χ4v) is 2.43. The Labute approximate surface area is 126 Å². The molecule has 1 saturated heterocycles. The van der Waals surface area contributed by atoms with Crippen molar-refractivity contribution in [3.8, 4) is 6.07 Å². The summed E-state index contributed by atoms with van der Waals surface area (Å²) in [6, 6.07) is 0.390. The second kappa shape index (κ2) is 5.96. The van der Waals surface area contributed by atoms with Crippen LogP contribution in [0.2, 0.25) is 0 Å². The molecule has 0 spiro atoms. The monoisotopic (exact) mass is 314 g/mol. The topological polar surface area (TPSA) is 82.1 Å². The molecule has 1 aromatic heterocycles. The zero-order valence-corrected chi connectivity index (χ0v) is 12.4. The van der Waals surface area contributed by atoms with Gasteiger partial charge < -0.3 is 10.6 Å². The lowest BCUT2D eigenvalue weighted by molar-refractivity contribution is -0.179. The molecule has 6 nitrogen and oxygen atoms in total. The van der Waals surface area contributed by atoms with E-state index >= 15 is 0 Å². The zero-order chi connectivity index (χ0) is 16.5. The molecule has 2 N–H and O–H groups in total. The largest absolute Gasteiger partial charge is 0.403 e. The molecule has 1 aliphatic heterocycles. The minimum absolute atomic E-state index is 0.0363. The summed E-state index contributed by atoms with van der Waals surface area (Å²) in [4.78, 5) is 11.5. The number of halogens is 3. The molecule has 22 heavy (non-hydrogen) atoms. The van der Waals surface area contributed by atoms with Crippen LogP contribution in [0.4, 0.5) is 24.8 Å². The number of hydrogen-bond acceptors (Lipinski definition) is 6. The Balaban J connectivity index is 2.10. The first-order valence-corrected chi connectivity index (χ1v) is 6.84. The van der Waals surface area contributed by atoms with E-state index in [1.165, 1.54) is 11.8 Å².